The number of anilines is 1. The van der Waals surface area contributed by atoms with Gasteiger partial charge in [0.2, 0.25) is 0 Å². The molecular formula is C16H10BrClN2O3. The molecule has 1 heterocycles. The van der Waals surface area contributed by atoms with Crippen molar-refractivity contribution in [3.05, 3.63) is 63.2 Å². The van der Waals surface area contributed by atoms with E-state index in [4.69, 9.17) is 11.6 Å². The van der Waals surface area contributed by atoms with Crippen molar-refractivity contribution >= 4 is 51.2 Å². The minimum atomic E-state index is -0.517. The van der Waals surface area contributed by atoms with E-state index >= 15 is 0 Å². The third-order valence-corrected chi connectivity index (χ3v) is 4.14. The van der Waals surface area contributed by atoms with Gasteiger partial charge in [-0.05, 0) is 51.8 Å². The standard InChI is InChI=1S/C16H10BrClN2O3/c17-11-6-9(7-12(18)14(11)21)8-13-15(22)20(16(23)19-13)10-4-2-1-3-5-10/h1-8,21H,(H,19,23)/b13-8+. The number of carbonyl (C=O) groups is 2. The highest BCUT2D eigenvalue weighted by Crippen LogP contribution is 2.34. The lowest BCUT2D eigenvalue weighted by molar-refractivity contribution is -0.113. The Morgan fingerprint density at radius 1 is 1.17 bits per heavy atom. The molecule has 1 fully saturated rings. The summed E-state index contributed by atoms with van der Waals surface area (Å²) in [6.45, 7) is 0. The summed E-state index contributed by atoms with van der Waals surface area (Å²) < 4.78 is 0.397. The monoisotopic (exact) mass is 392 g/mol. The van der Waals surface area contributed by atoms with Crippen molar-refractivity contribution in [1.29, 1.82) is 0 Å². The zero-order valence-corrected chi connectivity index (χ0v) is 13.9. The first-order valence-corrected chi connectivity index (χ1v) is 7.74. The molecule has 0 saturated carbocycles. The van der Waals surface area contributed by atoms with E-state index < -0.39 is 11.9 Å². The molecule has 5 nitrogen and oxygen atoms in total. The van der Waals surface area contributed by atoms with Gasteiger partial charge >= 0.3 is 6.03 Å². The second-order valence-electron chi connectivity index (χ2n) is 4.80. The first-order valence-electron chi connectivity index (χ1n) is 6.57. The van der Waals surface area contributed by atoms with Gasteiger partial charge in [-0.2, -0.15) is 0 Å². The second-order valence-corrected chi connectivity index (χ2v) is 6.06. The number of halogens is 2. The van der Waals surface area contributed by atoms with Crippen LogP contribution >= 0.6 is 27.5 Å². The maximum Gasteiger partial charge on any atom is 0.333 e. The number of nitrogens with one attached hydrogen (secondary N) is 1. The Hall–Kier alpha value is -2.31. The number of carbonyl (C=O) groups excluding carboxylic acids is 2. The van der Waals surface area contributed by atoms with Crippen LogP contribution < -0.4 is 10.2 Å². The van der Waals surface area contributed by atoms with Crippen molar-refractivity contribution in [2.24, 2.45) is 0 Å². The van der Waals surface area contributed by atoms with Crippen LogP contribution in [0.5, 0.6) is 5.75 Å². The summed E-state index contributed by atoms with van der Waals surface area (Å²) in [5.74, 6) is -0.539. The van der Waals surface area contributed by atoms with Crippen molar-refractivity contribution in [3.8, 4) is 5.75 Å². The fourth-order valence-electron chi connectivity index (χ4n) is 2.18. The van der Waals surface area contributed by atoms with Crippen LogP contribution in [-0.4, -0.2) is 17.0 Å². The zero-order valence-electron chi connectivity index (χ0n) is 11.6. The van der Waals surface area contributed by atoms with Crippen molar-refractivity contribution in [2.45, 2.75) is 0 Å². The number of benzene rings is 2. The van der Waals surface area contributed by atoms with Crippen molar-refractivity contribution < 1.29 is 14.7 Å². The fraction of sp³-hybridized carbons (Fsp3) is 0. The summed E-state index contributed by atoms with van der Waals surface area (Å²) in [5, 5.41) is 12.3. The van der Waals surface area contributed by atoms with Crippen LogP contribution in [0.25, 0.3) is 6.08 Å². The SMILES string of the molecule is O=C1N/C(=C/c2cc(Cl)c(O)c(Br)c2)C(=O)N1c1ccccc1. The molecule has 0 aromatic heterocycles. The minimum absolute atomic E-state index is 0.0819. The molecule has 0 unspecified atom stereocenters. The third kappa shape index (κ3) is 2.95. The molecular weight excluding hydrogens is 384 g/mol. The van der Waals surface area contributed by atoms with Crippen molar-refractivity contribution in [1.82, 2.24) is 5.32 Å². The molecule has 1 saturated heterocycles. The van der Waals surface area contributed by atoms with Gasteiger partial charge in [-0.3, -0.25) is 4.79 Å². The molecule has 1 aliphatic rings. The van der Waals surface area contributed by atoms with Crippen LogP contribution in [0.4, 0.5) is 10.5 Å². The van der Waals surface area contributed by atoms with Gasteiger partial charge in [0.05, 0.1) is 15.2 Å². The van der Waals surface area contributed by atoms with Crippen LogP contribution in [0.1, 0.15) is 5.56 Å². The van der Waals surface area contributed by atoms with E-state index in [9.17, 15) is 14.7 Å². The number of phenols is 1. The van der Waals surface area contributed by atoms with Gasteiger partial charge in [-0.1, -0.05) is 29.8 Å². The number of hydrogen-bond donors (Lipinski definition) is 2. The number of aromatic hydroxyl groups is 1. The Balaban J connectivity index is 1.96. The quantitative estimate of drug-likeness (QED) is 0.600. The summed E-state index contributed by atoms with van der Waals surface area (Å²) in [7, 11) is 0. The van der Waals surface area contributed by atoms with E-state index in [0.29, 0.717) is 15.7 Å². The predicted molar refractivity (Wildman–Crippen MR) is 91.3 cm³/mol. The molecule has 0 spiro atoms. The zero-order chi connectivity index (χ0) is 16.6. The molecule has 2 N–H and O–H groups in total. The number of phenolic OH excluding ortho intramolecular Hbond substituents is 1. The van der Waals surface area contributed by atoms with E-state index in [2.05, 4.69) is 21.2 Å². The number of urea groups is 1. The molecule has 23 heavy (non-hydrogen) atoms. The Kier molecular flexibility index (Phi) is 4.11. The fourth-order valence-corrected chi connectivity index (χ4v) is 3.00. The maximum atomic E-state index is 12.4. The van der Waals surface area contributed by atoms with Gasteiger partial charge in [-0.15, -0.1) is 0 Å². The smallest absolute Gasteiger partial charge is 0.333 e. The van der Waals surface area contributed by atoms with Gasteiger partial charge in [0.25, 0.3) is 5.91 Å². The van der Waals surface area contributed by atoms with Gasteiger partial charge < -0.3 is 10.4 Å². The van der Waals surface area contributed by atoms with Crippen LogP contribution in [0.15, 0.2) is 52.6 Å². The molecule has 2 aromatic rings. The summed E-state index contributed by atoms with van der Waals surface area (Å²) in [6.07, 6.45) is 1.50. The summed E-state index contributed by atoms with van der Waals surface area (Å²) in [4.78, 5) is 25.5. The Morgan fingerprint density at radius 3 is 2.52 bits per heavy atom. The van der Waals surface area contributed by atoms with Crippen molar-refractivity contribution in [2.75, 3.05) is 4.90 Å². The minimum Gasteiger partial charge on any atom is -0.505 e. The molecule has 0 radical (unpaired) electrons. The molecule has 116 valence electrons. The summed E-state index contributed by atoms with van der Waals surface area (Å²) in [5.41, 5.74) is 1.19. The molecule has 1 aliphatic heterocycles. The van der Waals surface area contributed by atoms with Gasteiger partial charge in [0.1, 0.15) is 11.4 Å². The highest BCUT2D eigenvalue weighted by Gasteiger charge is 2.34. The Morgan fingerprint density at radius 2 is 1.87 bits per heavy atom. The van der Waals surface area contributed by atoms with Gasteiger partial charge in [-0.25, -0.2) is 9.69 Å². The van der Waals surface area contributed by atoms with E-state index in [0.717, 1.165) is 4.90 Å². The third-order valence-electron chi connectivity index (χ3n) is 3.24. The topological polar surface area (TPSA) is 69.6 Å². The van der Waals surface area contributed by atoms with Crippen LogP contribution in [0.3, 0.4) is 0 Å². The Bertz CT molecular complexity index is 813. The molecule has 2 aromatic carbocycles. The molecule has 7 heteroatoms. The lowest BCUT2D eigenvalue weighted by Gasteiger charge is -2.10. The molecule has 0 atom stereocenters. The first kappa shape index (κ1) is 15.6. The highest BCUT2D eigenvalue weighted by molar-refractivity contribution is 9.10. The van der Waals surface area contributed by atoms with Gasteiger partial charge in [0, 0.05) is 0 Å². The van der Waals surface area contributed by atoms with E-state index in [-0.39, 0.29) is 16.5 Å². The van der Waals surface area contributed by atoms with Gasteiger partial charge in [0.15, 0.2) is 0 Å². The average molecular weight is 394 g/mol. The second kappa shape index (κ2) is 6.06. The molecule has 0 aliphatic carbocycles. The maximum absolute atomic E-state index is 12.4. The van der Waals surface area contributed by atoms with E-state index in [1.165, 1.54) is 12.1 Å². The molecule has 3 amide bonds. The number of hydrogen-bond acceptors (Lipinski definition) is 3. The normalized spacial score (nSPS) is 16.1. The number of amides is 3. The largest absolute Gasteiger partial charge is 0.505 e. The first-order chi connectivity index (χ1) is 11.0. The Labute approximate surface area is 145 Å². The summed E-state index contributed by atoms with van der Waals surface area (Å²) in [6, 6.07) is 11.2. The molecule has 0 bridgehead atoms. The summed E-state index contributed by atoms with van der Waals surface area (Å²) >= 11 is 9.08. The van der Waals surface area contributed by atoms with E-state index in [1.807, 2.05) is 0 Å². The van der Waals surface area contributed by atoms with Crippen molar-refractivity contribution in [3.63, 3.8) is 0 Å². The highest BCUT2D eigenvalue weighted by atomic mass is 79.9. The van der Waals surface area contributed by atoms with E-state index in [1.54, 1.807) is 36.4 Å². The number of imide groups is 1. The average Bonchev–Trinajstić information content (AvgIpc) is 2.80. The number of rotatable bonds is 2. The number of nitrogens with zero attached hydrogens (tertiary/aromatic N) is 1. The molecule has 3 rings (SSSR count). The predicted octanol–water partition coefficient (Wildman–Crippen LogP) is 3.91. The number of para-hydroxylation sites is 1. The lowest BCUT2D eigenvalue weighted by atomic mass is 10.2. The van der Waals surface area contributed by atoms with Crippen LogP contribution in [0.2, 0.25) is 5.02 Å². The van der Waals surface area contributed by atoms with Crippen LogP contribution in [-0.2, 0) is 4.79 Å². The van der Waals surface area contributed by atoms with Crippen LogP contribution in [0, 0.1) is 0 Å². The lowest BCUT2D eigenvalue weighted by Crippen LogP contribution is -2.30.